The number of aliphatic hydroxyl groups excluding tert-OH is 1. The molecule has 0 saturated carbocycles. The molecule has 2 rings (SSSR count). The molecule has 94 valence electrons. The number of methoxy groups -OCH3 is 1. The highest BCUT2D eigenvalue weighted by Gasteiger charge is 2.74. The lowest BCUT2D eigenvalue weighted by Crippen LogP contribution is -2.67. The predicted octanol–water partition coefficient (Wildman–Crippen LogP) is 1.11. The van der Waals surface area contributed by atoms with Crippen LogP contribution in [0.2, 0.25) is 0 Å². The van der Waals surface area contributed by atoms with Crippen molar-refractivity contribution in [1.29, 1.82) is 1.43 Å². The third-order valence-electron chi connectivity index (χ3n) is 4.26. The number of ether oxygens (including phenoxy) is 3. The Morgan fingerprint density at radius 3 is 2.50 bits per heavy atom. The van der Waals surface area contributed by atoms with Gasteiger partial charge in [0.2, 0.25) is 1.43 Å². The average molecular weight is 232 g/mol. The van der Waals surface area contributed by atoms with Crippen LogP contribution in [-0.4, -0.2) is 48.8 Å². The summed E-state index contributed by atoms with van der Waals surface area (Å²) in [5.74, 6) is 0. The Morgan fingerprint density at radius 1 is 1.38 bits per heavy atom. The van der Waals surface area contributed by atoms with E-state index in [0.717, 1.165) is 0 Å². The minimum Gasteiger partial charge on any atom is -0.387 e. The van der Waals surface area contributed by atoms with Crippen molar-refractivity contribution in [1.82, 2.24) is 0 Å². The van der Waals surface area contributed by atoms with Gasteiger partial charge in [-0.15, -0.1) is 0 Å². The lowest BCUT2D eigenvalue weighted by molar-refractivity contribution is -0.282. The van der Waals surface area contributed by atoms with Crippen molar-refractivity contribution in [3.05, 3.63) is 0 Å². The molecular weight excluding hydrogens is 208 g/mol. The Labute approximate surface area is 98.4 Å². The quantitative estimate of drug-likeness (QED) is 0.792. The van der Waals surface area contributed by atoms with E-state index in [1.165, 1.54) is 0 Å². The molecule has 4 heteroatoms. The number of rotatable bonds is 3. The van der Waals surface area contributed by atoms with Crippen molar-refractivity contribution in [2.24, 2.45) is 0 Å². The molecule has 0 amide bonds. The van der Waals surface area contributed by atoms with Crippen LogP contribution in [0.5, 0.6) is 0 Å². The fraction of sp³-hybridized carbons (Fsp3) is 1.00. The van der Waals surface area contributed by atoms with Gasteiger partial charge in [-0.1, -0.05) is 0 Å². The summed E-state index contributed by atoms with van der Waals surface area (Å²) in [5, 5.41) is 4.92. The van der Waals surface area contributed by atoms with Gasteiger partial charge < -0.3 is 19.3 Å². The zero-order valence-corrected chi connectivity index (χ0v) is 10.9. The van der Waals surface area contributed by atoms with E-state index in [9.17, 15) is 0 Å². The third kappa shape index (κ3) is 1.13. The molecule has 0 aromatic rings. The second-order valence-electron chi connectivity index (χ2n) is 5.79. The van der Waals surface area contributed by atoms with Gasteiger partial charge >= 0.3 is 0 Å². The summed E-state index contributed by atoms with van der Waals surface area (Å²) >= 11 is 0. The molecule has 2 bridgehead atoms. The van der Waals surface area contributed by atoms with E-state index in [2.05, 4.69) is 0 Å². The van der Waals surface area contributed by atoms with Gasteiger partial charge in [-0.25, -0.2) is 0 Å². The van der Waals surface area contributed by atoms with Crippen LogP contribution in [0, 0.1) is 0 Å². The first-order chi connectivity index (χ1) is 7.73. The molecule has 4 unspecified atom stereocenters. The zero-order valence-electron chi connectivity index (χ0n) is 11.9. The Morgan fingerprint density at radius 2 is 2.00 bits per heavy atom. The van der Waals surface area contributed by atoms with Crippen LogP contribution in [0.15, 0.2) is 0 Å². The lowest BCUT2D eigenvalue weighted by Gasteiger charge is -2.50. The topological polar surface area (TPSA) is 47.9 Å². The maximum atomic E-state index is 7.33. The third-order valence-corrected chi connectivity index (χ3v) is 4.26. The molecule has 1 N–H and O–H groups in total. The van der Waals surface area contributed by atoms with E-state index < -0.39 is 22.9 Å². The van der Waals surface area contributed by atoms with Crippen molar-refractivity contribution < 1.29 is 19.3 Å². The highest BCUT2D eigenvalue weighted by molar-refractivity contribution is 5.23. The molecule has 4 nitrogen and oxygen atoms in total. The first-order valence-corrected chi connectivity index (χ1v) is 5.76. The van der Waals surface area contributed by atoms with E-state index in [-0.39, 0.29) is 12.2 Å². The zero-order chi connectivity index (χ0) is 13.1. The van der Waals surface area contributed by atoms with Crippen LogP contribution in [-0.2, 0) is 14.2 Å². The number of hydrogen-bond acceptors (Lipinski definition) is 4. The predicted molar refractivity (Wildman–Crippen MR) is 59.3 cm³/mol. The van der Waals surface area contributed by atoms with Gasteiger partial charge in [-0.3, -0.25) is 0 Å². The maximum Gasteiger partial charge on any atom is 0.211 e. The van der Waals surface area contributed by atoms with Gasteiger partial charge in [0.25, 0.3) is 0 Å². The molecule has 2 heterocycles. The fourth-order valence-electron chi connectivity index (χ4n) is 3.34. The van der Waals surface area contributed by atoms with Crippen LogP contribution in [0.3, 0.4) is 0 Å². The van der Waals surface area contributed by atoms with Gasteiger partial charge in [-0.05, 0) is 34.6 Å². The van der Waals surface area contributed by atoms with Crippen LogP contribution in [0.1, 0.15) is 34.6 Å². The number of fused-ring (bicyclic) bond motifs is 2. The summed E-state index contributed by atoms with van der Waals surface area (Å²) in [4.78, 5) is 0. The summed E-state index contributed by atoms with van der Waals surface area (Å²) in [5.41, 5.74) is -1.91. The molecule has 0 aliphatic carbocycles. The number of hydrogen-bond donors (Lipinski definition) is 1. The Balaban J connectivity index is 2.52. The van der Waals surface area contributed by atoms with Crippen molar-refractivity contribution >= 4 is 0 Å². The monoisotopic (exact) mass is 232 g/mol. The molecule has 2 aliphatic heterocycles. The van der Waals surface area contributed by atoms with Crippen molar-refractivity contribution in [2.75, 3.05) is 7.11 Å². The standard InChI is InChI=1S/C12H22O4/c1-7-8-9(13)12(15-7,10(2,3)14-6)11(4,5)16-8/h7-9,13H,1-6H3/i13T. The molecule has 0 spiro atoms. The normalized spacial score (nSPS) is 47.1. The molecular formula is C12H22O4. The van der Waals surface area contributed by atoms with Crippen LogP contribution in [0.25, 0.3) is 0 Å². The van der Waals surface area contributed by atoms with Crippen molar-refractivity contribution in [2.45, 2.75) is 69.7 Å². The smallest absolute Gasteiger partial charge is 0.211 e. The molecule has 2 saturated heterocycles. The second kappa shape index (κ2) is 3.19. The van der Waals surface area contributed by atoms with Crippen molar-refractivity contribution in [3.8, 4) is 0 Å². The first-order valence-electron chi connectivity index (χ1n) is 6.17. The molecule has 0 radical (unpaired) electrons. The molecule has 0 aromatic heterocycles. The molecule has 2 aliphatic rings. The van der Waals surface area contributed by atoms with Gasteiger partial charge in [0, 0.05) is 7.11 Å². The largest absolute Gasteiger partial charge is 0.387 e. The lowest BCUT2D eigenvalue weighted by atomic mass is 9.72. The highest BCUT2D eigenvalue weighted by Crippen LogP contribution is 2.56. The summed E-state index contributed by atoms with van der Waals surface area (Å²) in [6.07, 6.45) is -0.729. The summed E-state index contributed by atoms with van der Waals surface area (Å²) in [7, 11) is 1.64. The van der Waals surface area contributed by atoms with Gasteiger partial charge in [0.15, 0.2) is 5.60 Å². The Kier molecular flexibility index (Phi) is 2.19. The average Bonchev–Trinajstić information content (AvgIpc) is 2.64. The Hall–Kier alpha value is -0.160. The van der Waals surface area contributed by atoms with E-state index in [4.69, 9.17) is 20.8 Å². The van der Waals surface area contributed by atoms with Gasteiger partial charge in [0.1, 0.15) is 12.2 Å². The molecule has 0 aromatic carbocycles. The van der Waals surface area contributed by atoms with Crippen LogP contribution >= 0.6 is 0 Å². The minimum absolute atomic E-state index is 0.0900. The van der Waals surface area contributed by atoms with Crippen LogP contribution in [0.4, 0.5) is 0 Å². The molecule has 16 heavy (non-hydrogen) atoms. The first kappa shape index (κ1) is 11.0. The van der Waals surface area contributed by atoms with E-state index in [1.54, 1.807) is 7.11 Å². The second-order valence-corrected chi connectivity index (χ2v) is 5.79. The molecule has 4 atom stereocenters. The molecule has 2 fully saturated rings. The Bertz CT molecular complexity index is 318. The van der Waals surface area contributed by atoms with Crippen LogP contribution < -0.4 is 0 Å². The van der Waals surface area contributed by atoms with Gasteiger partial charge in [-0.2, -0.15) is 0 Å². The highest BCUT2D eigenvalue weighted by atomic mass is 16.7. The maximum absolute atomic E-state index is 7.33. The minimum atomic E-state index is -0.763. The van der Waals surface area contributed by atoms with E-state index in [1.807, 2.05) is 34.6 Å². The van der Waals surface area contributed by atoms with Crippen molar-refractivity contribution in [3.63, 3.8) is 0 Å². The summed E-state index contributed by atoms with van der Waals surface area (Å²) < 4.78 is 25.1. The SMILES string of the molecule is [3H]OC1C2OC(C)(C)C1(C(C)(C)OC)OC2C. The van der Waals surface area contributed by atoms with Gasteiger partial charge in [0.05, 0.1) is 17.3 Å². The summed E-state index contributed by atoms with van der Waals surface area (Å²) in [6.45, 7) is 9.77. The summed E-state index contributed by atoms with van der Waals surface area (Å²) in [6, 6.07) is 0. The van der Waals surface area contributed by atoms with E-state index in [0.29, 0.717) is 0 Å². The van der Waals surface area contributed by atoms with E-state index >= 15 is 0 Å². The fourth-order valence-corrected chi connectivity index (χ4v) is 3.34. The number of aliphatic hydroxyl groups is 1.